The second-order valence-electron chi connectivity index (χ2n) is 6.52. The first-order valence-corrected chi connectivity index (χ1v) is 8.48. The van der Waals surface area contributed by atoms with Crippen molar-refractivity contribution in [3.8, 4) is 0 Å². The van der Waals surface area contributed by atoms with Crippen LogP contribution >= 0.6 is 11.6 Å². The van der Waals surface area contributed by atoms with E-state index in [1.165, 1.54) is 12.8 Å². The maximum absolute atomic E-state index is 12.7. The van der Waals surface area contributed by atoms with Gasteiger partial charge in [0.1, 0.15) is 11.3 Å². The fourth-order valence-electron chi connectivity index (χ4n) is 3.23. The van der Waals surface area contributed by atoms with Crippen molar-refractivity contribution >= 4 is 17.5 Å². The summed E-state index contributed by atoms with van der Waals surface area (Å²) < 4.78 is 7.43. The number of aromatic nitrogens is 2. The molecule has 2 fully saturated rings. The molecule has 2 atom stereocenters. The van der Waals surface area contributed by atoms with Gasteiger partial charge in [-0.2, -0.15) is 5.10 Å². The molecule has 1 aromatic rings. The zero-order valence-corrected chi connectivity index (χ0v) is 14.3. The Bertz CT molecular complexity index is 568. The smallest absolute Gasteiger partial charge is 0.251 e. The van der Waals surface area contributed by atoms with Gasteiger partial charge in [0.05, 0.1) is 18.3 Å². The molecule has 0 radical (unpaired) electrons. The molecule has 2 heterocycles. The minimum atomic E-state index is -0.378. The molecule has 1 aromatic heterocycles. The molecule has 22 heavy (non-hydrogen) atoms. The summed E-state index contributed by atoms with van der Waals surface area (Å²) in [5.41, 5.74) is 1.90. The molecule has 0 aromatic carbocycles. The van der Waals surface area contributed by atoms with Crippen LogP contribution in [0.25, 0.3) is 0 Å². The third-order valence-electron chi connectivity index (χ3n) is 4.69. The summed E-state index contributed by atoms with van der Waals surface area (Å²) in [6.07, 6.45) is 4.02. The van der Waals surface area contributed by atoms with Gasteiger partial charge in [-0.05, 0) is 45.4 Å². The molecular formula is C16H24ClN3O2. The summed E-state index contributed by atoms with van der Waals surface area (Å²) in [5.74, 6) is 0.738. The van der Waals surface area contributed by atoms with E-state index in [4.69, 9.17) is 16.3 Å². The number of nitrogens with zero attached hydrogens (tertiary/aromatic N) is 3. The van der Waals surface area contributed by atoms with Gasteiger partial charge in [0.2, 0.25) is 0 Å². The first-order valence-electron chi connectivity index (χ1n) is 8.10. The topological polar surface area (TPSA) is 47.4 Å². The summed E-state index contributed by atoms with van der Waals surface area (Å²) >= 11 is 6.39. The Morgan fingerprint density at radius 1 is 1.45 bits per heavy atom. The normalized spacial score (nSPS) is 23.1. The van der Waals surface area contributed by atoms with E-state index in [0.29, 0.717) is 17.7 Å². The molecule has 0 N–H and O–H groups in total. The van der Waals surface area contributed by atoms with E-state index >= 15 is 0 Å². The Hall–Kier alpha value is -1.07. The molecule has 0 unspecified atom stereocenters. The quantitative estimate of drug-likeness (QED) is 0.836. The number of amides is 1. The molecule has 1 saturated heterocycles. The highest BCUT2D eigenvalue weighted by Crippen LogP contribution is 2.38. The Balaban J connectivity index is 1.72. The van der Waals surface area contributed by atoms with Gasteiger partial charge in [0.25, 0.3) is 5.91 Å². The number of hydrogen-bond acceptors (Lipinski definition) is 3. The number of aryl methyl sites for hydroxylation is 2. The first kappa shape index (κ1) is 15.8. The van der Waals surface area contributed by atoms with E-state index in [-0.39, 0.29) is 18.1 Å². The average molecular weight is 326 g/mol. The number of rotatable bonds is 5. The summed E-state index contributed by atoms with van der Waals surface area (Å²) in [6.45, 7) is 5.29. The van der Waals surface area contributed by atoms with Gasteiger partial charge in [0, 0.05) is 19.2 Å². The van der Waals surface area contributed by atoms with Crippen LogP contribution in [0.1, 0.15) is 49.9 Å². The Morgan fingerprint density at radius 2 is 2.18 bits per heavy atom. The lowest BCUT2D eigenvalue weighted by molar-refractivity contribution is -0.143. The van der Waals surface area contributed by atoms with Crippen LogP contribution in [0.3, 0.4) is 0 Å². The van der Waals surface area contributed by atoms with Crippen LogP contribution in [-0.2, 0) is 16.6 Å². The number of halogens is 1. The van der Waals surface area contributed by atoms with Crippen molar-refractivity contribution in [1.29, 1.82) is 0 Å². The molecule has 1 aliphatic heterocycles. The van der Waals surface area contributed by atoms with Crippen LogP contribution in [0.4, 0.5) is 0 Å². The Labute approximate surface area is 136 Å². The lowest BCUT2D eigenvalue weighted by Crippen LogP contribution is -2.39. The third-order valence-corrected chi connectivity index (χ3v) is 5.14. The standard InChI is InChI=1S/C16H24ClN3O2/c1-10-14(15(17)19(3)18-10)13-5-4-8-20(13)16(21)11(2)22-9-12-6-7-12/h11-13H,4-9H2,1-3H3/t11-,13-/m1/s1. The van der Waals surface area contributed by atoms with Gasteiger partial charge in [0.15, 0.2) is 0 Å². The SMILES string of the molecule is Cc1nn(C)c(Cl)c1[C@H]1CCCN1C(=O)[C@@H](C)OCC1CC1. The van der Waals surface area contributed by atoms with Crippen LogP contribution in [-0.4, -0.2) is 39.8 Å². The van der Waals surface area contributed by atoms with Crippen LogP contribution in [0.5, 0.6) is 0 Å². The summed E-state index contributed by atoms with van der Waals surface area (Å²) in [5, 5.41) is 5.01. The van der Waals surface area contributed by atoms with Crippen molar-refractivity contribution in [2.45, 2.75) is 51.7 Å². The zero-order valence-electron chi connectivity index (χ0n) is 13.5. The highest BCUT2D eigenvalue weighted by molar-refractivity contribution is 6.30. The number of likely N-dealkylation sites (tertiary alicyclic amines) is 1. The first-order chi connectivity index (χ1) is 10.5. The minimum Gasteiger partial charge on any atom is -0.368 e. The summed E-state index contributed by atoms with van der Waals surface area (Å²) in [7, 11) is 1.83. The summed E-state index contributed by atoms with van der Waals surface area (Å²) in [4.78, 5) is 14.6. The van der Waals surface area contributed by atoms with Crippen molar-refractivity contribution in [3.05, 3.63) is 16.4 Å². The maximum Gasteiger partial charge on any atom is 0.251 e. The van der Waals surface area contributed by atoms with E-state index in [2.05, 4.69) is 5.10 Å². The Morgan fingerprint density at radius 3 is 2.77 bits per heavy atom. The van der Waals surface area contributed by atoms with Crippen LogP contribution in [0.2, 0.25) is 5.15 Å². The molecule has 0 bridgehead atoms. The van der Waals surface area contributed by atoms with Gasteiger partial charge >= 0.3 is 0 Å². The van der Waals surface area contributed by atoms with E-state index in [1.54, 1.807) is 4.68 Å². The number of hydrogen-bond donors (Lipinski definition) is 0. The second-order valence-corrected chi connectivity index (χ2v) is 6.88. The summed E-state index contributed by atoms with van der Waals surface area (Å²) in [6, 6.07) is 0.0284. The number of carbonyl (C=O) groups is 1. The van der Waals surface area contributed by atoms with Gasteiger partial charge in [-0.15, -0.1) is 0 Å². The lowest BCUT2D eigenvalue weighted by Gasteiger charge is -2.27. The van der Waals surface area contributed by atoms with Crippen molar-refractivity contribution in [2.24, 2.45) is 13.0 Å². The molecule has 3 rings (SSSR count). The lowest BCUT2D eigenvalue weighted by atomic mass is 10.1. The Kier molecular flexibility index (Phi) is 4.46. The fraction of sp³-hybridized carbons (Fsp3) is 0.750. The fourth-order valence-corrected chi connectivity index (χ4v) is 3.53. The van der Waals surface area contributed by atoms with E-state index in [9.17, 15) is 4.79 Å². The number of ether oxygens (including phenoxy) is 1. The van der Waals surface area contributed by atoms with Crippen molar-refractivity contribution < 1.29 is 9.53 Å². The van der Waals surface area contributed by atoms with Crippen molar-refractivity contribution in [3.63, 3.8) is 0 Å². The van der Waals surface area contributed by atoms with Gasteiger partial charge in [-0.1, -0.05) is 11.6 Å². The van der Waals surface area contributed by atoms with Gasteiger partial charge in [-0.3, -0.25) is 9.48 Å². The van der Waals surface area contributed by atoms with Crippen LogP contribution < -0.4 is 0 Å². The van der Waals surface area contributed by atoms with E-state index in [1.807, 2.05) is 25.8 Å². The molecule has 1 saturated carbocycles. The van der Waals surface area contributed by atoms with Crippen molar-refractivity contribution in [1.82, 2.24) is 14.7 Å². The van der Waals surface area contributed by atoms with Crippen LogP contribution in [0, 0.1) is 12.8 Å². The molecule has 2 aliphatic rings. The van der Waals surface area contributed by atoms with Crippen LogP contribution in [0.15, 0.2) is 0 Å². The molecule has 6 heteroatoms. The van der Waals surface area contributed by atoms with Crippen molar-refractivity contribution in [2.75, 3.05) is 13.2 Å². The molecular weight excluding hydrogens is 302 g/mol. The maximum atomic E-state index is 12.7. The predicted octanol–water partition coefficient (Wildman–Crippen LogP) is 2.86. The highest BCUT2D eigenvalue weighted by Gasteiger charge is 2.36. The third kappa shape index (κ3) is 3.01. The second kappa shape index (κ2) is 6.20. The average Bonchev–Trinajstić information content (AvgIpc) is 3.14. The van der Waals surface area contributed by atoms with Gasteiger partial charge < -0.3 is 9.64 Å². The molecule has 0 spiro atoms. The van der Waals surface area contributed by atoms with E-state index in [0.717, 1.165) is 30.6 Å². The van der Waals surface area contributed by atoms with Gasteiger partial charge in [-0.25, -0.2) is 0 Å². The molecule has 122 valence electrons. The zero-order chi connectivity index (χ0) is 15.9. The predicted molar refractivity (Wildman–Crippen MR) is 84.8 cm³/mol. The molecule has 5 nitrogen and oxygen atoms in total. The number of carbonyl (C=O) groups excluding carboxylic acids is 1. The largest absolute Gasteiger partial charge is 0.368 e. The monoisotopic (exact) mass is 325 g/mol. The molecule has 1 aliphatic carbocycles. The minimum absolute atomic E-state index is 0.0284. The van der Waals surface area contributed by atoms with E-state index < -0.39 is 0 Å². The molecule has 1 amide bonds. The highest BCUT2D eigenvalue weighted by atomic mass is 35.5.